The maximum Gasteiger partial charge on any atom is 0.300 e. The Morgan fingerprint density at radius 1 is 1.47 bits per heavy atom. The van der Waals surface area contributed by atoms with E-state index in [0.717, 1.165) is 30.1 Å². The number of aryl methyl sites for hydroxylation is 2. The standard InChI is InChI=1S/C12H14FNO.C2H4O2/c1-4-8-7(2)14-9-5-6-10(15-3)12(13)11(8)9;1-2(3)4/h5-6,14H,4H2,1-3H3;1H3,(H,3,4). The van der Waals surface area contributed by atoms with E-state index in [-0.39, 0.29) is 5.82 Å². The van der Waals surface area contributed by atoms with Crippen LogP contribution in [-0.2, 0) is 11.2 Å². The number of hydrogen-bond acceptors (Lipinski definition) is 2. The molecule has 0 aliphatic heterocycles. The molecule has 2 rings (SSSR count). The molecule has 1 aromatic heterocycles. The third-order valence-corrected chi connectivity index (χ3v) is 2.76. The molecule has 0 spiro atoms. The predicted octanol–water partition coefficient (Wildman–Crippen LogP) is 3.28. The van der Waals surface area contributed by atoms with Crippen LogP contribution in [0.3, 0.4) is 0 Å². The first-order valence-electron chi connectivity index (χ1n) is 5.95. The van der Waals surface area contributed by atoms with Crippen molar-refractivity contribution in [1.82, 2.24) is 4.98 Å². The first-order chi connectivity index (χ1) is 8.92. The Kier molecular flexibility index (Phi) is 4.92. The Labute approximate surface area is 111 Å². The topological polar surface area (TPSA) is 62.3 Å². The van der Waals surface area contributed by atoms with Gasteiger partial charge in [-0.05, 0) is 31.0 Å². The molecule has 5 heteroatoms. The number of fused-ring (bicyclic) bond motifs is 1. The van der Waals surface area contributed by atoms with Gasteiger partial charge >= 0.3 is 0 Å². The maximum absolute atomic E-state index is 14.0. The van der Waals surface area contributed by atoms with Crippen LogP contribution < -0.4 is 4.74 Å². The van der Waals surface area contributed by atoms with Crippen LogP contribution in [-0.4, -0.2) is 23.2 Å². The highest BCUT2D eigenvalue weighted by molar-refractivity contribution is 5.86. The lowest BCUT2D eigenvalue weighted by Crippen LogP contribution is -1.90. The molecule has 0 aliphatic rings. The highest BCUT2D eigenvalue weighted by atomic mass is 19.1. The van der Waals surface area contributed by atoms with Crippen LogP contribution in [0.15, 0.2) is 12.1 Å². The first kappa shape index (κ1) is 15.0. The number of aromatic nitrogens is 1. The van der Waals surface area contributed by atoms with E-state index in [2.05, 4.69) is 4.98 Å². The van der Waals surface area contributed by atoms with Crippen molar-refractivity contribution in [2.24, 2.45) is 0 Å². The van der Waals surface area contributed by atoms with Gasteiger partial charge in [0.1, 0.15) is 0 Å². The van der Waals surface area contributed by atoms with E-state index in [1.54, 1.807) is 6.07 Å². The number of ether oxygens (including phenoxy) is 1. The Balaban J connectivity index is 0.000000399. The smallest absolute Gasteiger partial charge is 0.300 e. The number of benzene rings is 1. The minimum Gasteiger partial charge on any atom is -0.494 e. The number of nitrogens with one attached hydrogen (secondary N) is 1. The summed E-state index contributed by atoms with van der Waals surface area (Å²) in [6, 6.07) is 3.50. The molecular formula is C14H18FNO3. The minimum atomic E-state index is -0.833. The zero-order valence-corrected chi connectivity index (χ0v) is 11.5. The van der Waals surface area contributed by atoms with Crippen molar-refractivity contribution in [3.63, 3.8) is 0 Å². The number of halogens is 1. The molecule has 0 aliphatic carbocycles. The molecule has 0 unspecified atom stereocenters. The van der Waals surface area contributed by atoms with Crippen molar-refractivity contribution < 1.29 is 19.0 Å². The summed E-state index contributed by atoms with van der Waals surface area (Å²) >= 11 is 0. The van der Waals surface area contributed by atoms with Crippen LogP contribution in [0.5, 0.6) is 5.75 Å². The zero-order chi connectivity index (χ0) is 14.6. The molecule has 19 heavy (non-hydrogen) atoms. The molecule has 1 aromatic carbocycles. The summed E-state index contributed by atoms with van der Waals surface area (Å²) in [4.78, 5) is 12.2. The second-order valence-corrected chi connectivity index (χ2v) is 4.11. The van der Waals surface area contributed by atoms with E-state index in [1.165, 1.54) is 7.11 Å². The Hall–Kier alpha value is -2.04. The second-order valence-electron chi connectivity index (χ2n) is 4.11. The summed E-state index contributed by atoms with van der Waals surface area (Å²) in [6.07, 6.45) is 0.815. The van der Waals surface area contributed by atoms with Gasteiger partial charge in [-0.2, -0.15) is 0 Å². The van der Waals surface area contributed by atoms with Gasteiger partial charge < -0.3 is 14.8 Å². The van der Waals surface area contributed by atoms with Crippen molar-refractivity contribution >= 4 is 16.9 Å². The van der Waals surface area contributed by atoms with Gasteiger partial charge in [0.25, 0.3) is 5.97 Å². The summed E-state index contributed by atoms with van der Waals surface area (Å²) < 4.78 is 19.0. The van der Waals surface area contributed by atoms with Gasteiger partial charge in [-0.3, -0.25) is 4.79 Å². The lowest BCUT2D eigenvalue weighted by molar-refractivity contribution is -0.134. The van der Waals surface area contributed by atoms with Gasteiger partial charge in [-0.15, -0.1) is 0 Å². The van der Waals surface area contributed by atoms with Crippen LogP contribution in [0, 0.1) is 12.7 Å². The largest absolute Gasteiger partial charge is 0.494 e. The van der Waals surface area contributed by atoms with Crippen molar-refractivity contribution in [3.8, 4) is 5.75 Å². The molecule has 1 heterocycles. The zero-order valence-electron chi connectivity index (χ0n) is 11.5. The van der Waals surface area contributed by atoms with E-state index in [0.29, 0.717) is 11.1 Å². The van der Waals surface area contributed by atoms with Crippen LogP contribution >= 0.6 is 0 Å². The van der Waals surface area contributed by atoms with Crippen molar-refractivity contribution in [2.75, 3.05) is 7.11 Å². The Morgan fingerprint density at radius 2 is 2.05 bits per heavy atom. The lowest BCUT2D eigenvalue weighted by atomic mass is 10.1. The van der Waals surface area contributed by atoms with Crippen molar-refractivity contribution in [2.45, 2.75) is 27.2 Å². The monoisotopic (exact) mass is 267 g/mol. The van der Waals surface area contributed by atoms with Crippen LogP contribution in [0.4, 0.5) is 4.39 Å². The van der Waals surface area contributed by atoms with Gasteiger partial charge in [-0.25, -0.2) is 4.39 Å². The fraction of sp³-hybridized carbons (Fsp3) is 0.357. The quantitative estimate of drug-likeness (QED) is 0.877. The summed E-state index contributed by atoms with van der Waals surface area (Å²) in [7, 11) is 1.48. The van der Waals surface area contributed by atoms with Crippen LogP contribution in [0.25, 0.3) is 10.9 Å². The van der Waals surface area contributed by atoms with E-state index >= 15 is 0 Å². The molecule has 2 N–H and O–H groups in total. The number of H-pyrrole nitrogens is 1. The van der Waals surface area contributed by atoms with Crippen LogP contribution in [0.1, 0.15) is 25.1 Å². The molecule has 104 valence electrons. The summed E-state index contributed by atoms with van der Waals surface area (Å²) in [5.74, 6) is -0.799. The van der Waals surface area contributed by atoms with E-state index in [9.17, 15) is 4.39 Å². The fourth-order valence-electron chi connectivity index (χ4n) is 2.02. The average Bonchev–Trinajstić information content (AvgIpc) is 2.65. The van der Waals surface area contributed by atoms with Gasteiger partial charge in [0.15, 0.2) is 11.6 Å². The molecule has 0 atom stereocenters. The number of carboxylic acids is 1. The number of rotatable bonds is 2. The Morgan fingerprint density at radius 3 is 2.53 bits per heavy atom. The molecular weight excluding hydrogens is 249 g/mol. The van der Waals surface area contributed by atoms with Gasteiger partial charge in [0.2, 0.25) is 0 Å². The normalized spacial score (nSPS) is 9.95. The summed E-state index contributed by atoms with van der Waals surface area (Å²) in [5, 5.41) is 8.08. The van der Waals surface area contributed by atoms with E-state index < -0.39 is 5.97 Å². The predicted molar refractivity (Wildman–Crippen MR) is 72.2 cm³/mol. The summed E-state index contributed by atoms with van der Waals surface area (Å²) in [6.45, 7) is 5.07. The van der Waals surface area contributed by atoms with Crippen molar-refractivity contribution in [1.29, 1.82) is 0 Å². The molecule has 2 aromatic rings. The van der Waals surface area contributed by atoms with Gasteiger partial charge in [0, 0.05) is 23.5 Å². The highest BCUT2D eigenvalue weighted by Crippen LogP contribution is 2.30. The number of aromatic amines is 1. The molecule has 0 fully saturated rings. The van der Waals surface area contributed by atoms with Crippen LogP contribution in [0.2, 0.25) is 0 Å². The van der Waals surface area contributed by atoms with Gasteiger partial charge in [-0.1, -0.05) is 6.92 Å². The maximum atomic E-state index is 14.0. The Bertz CT molecular complexity index is 586. The third-order valence-electron chi connectivity index (χ3n) is 2.76. The lowest BCUT2D eigenvalue weighted by Gasteiger charge is -2.03. The molecule has 0 amide bonds. The number of carbonyl (C=O) groups is 1. The fourth-order valence-corrected chi connectivity index (χ4v) is 2.02. The van der Waals surface area contributed by atoms with Crippen molar-refractivity contribution in [3.05, 3.63) is 29.2 Å². The molecule has 0 saturated carbocycles. The summed E-state index contributed by atoms with van der Waals surface area (Å²) in [5.41, 5.74) is 2.89. The first-order valence-corrected chi connectivity index (χ1v) is 5.95. The molecule has 4 nitrogen and oxygen atoms in total. The second kappa shape index (κ2) is 6.22. The number of methoxy groups -OCH3 is 1. The van der Waals surface area contributed by atoms with E-state index in [1.807, 2.05) is 19.9 Å². The average molecular weight is 267 g/mol. The number of hydrogen-bond donors (Lipinski definition) is 2. The highest BCUT2D eigenvalue weighted by Gasteiger charge is 2.14. The number of aliphatic carboxylic acids is 1. The molecule has 0 bridgehead atoms. The molecule has 0 radical (unpaired) electrons. The number of carboxylic acid groups (broad SMARTS) is 1. The SMILES string of the molecule is CC(=O)O.CCc1c(C)[nH]c2ccc(OC)c(F)c12. The third kappa shape index (κ3) is 3.24. The van der Waals surface area contributed by atoms with E-state index in [4.69, 9.17) is 14.6 Å². The minimum absolute atomic E-state index is 0.267. The molecule has 0 saturated heterocycles. The van der Waals surface area contributed by atoms with Gasteiger partial charge in [0.05, 0.1) is 7.11 Å².